The molecule has 0 spiro atoms. The van der Waals surface area contributed by atoms with Crippen LogP contribution in [0.1, 0.15) is 27.2 Å². The van der Waals surface area contributed by atoms with Gasteiger partial charge in [0, 0.05) is 26.0 Å². The number of nitrogens with one attached hydrogen (secondary N) is 2. The number of carbonyl (C=O) groups is 2. The molecule has 6 nitrogen and oxygen atoms in total. The number of ether oxygens (including phenoxy) is 2. The molecule has 0 heterocycles. The van der Waals surface area contributed by atoms with Crippen molar-refractivity contribution < 1.29 is 19.1 Å². The third kappa shape index (κ3) is 6.16. The van der Waals surface area contributed by atoms with Gasteiger partial charge in [0.15, 0.2) is 0 Å². The Balaban J connectivity index is 2.71. The van der Waals surface area contributed by atoms with Crippen molar-refractivity contribution in [2.45, 2.75) is 27.2 Å². The summed E-state index contributed by atoms with van der Waals surface area (Å²) in [6.07, 6.45) is 0.198. The number of benzene rings is 1. The summed E-state index contributed by atoms with van der Waals surface area (Å²) in [5.74, 6) is 0.904. The van der Waals surface area contributed by atoms with E-state index < -0.39 is 0 Å². The average molecular weight is 294 g/mol. The maximum atomic E-state index is 11.9. The molecule has 0 saturated carbocycles. The van der Waals surface area contributed by atoms with Crippen molar-refractivity contribution in [1.29, 1.82) is 0 Å². The van der Waals surface area contributed by atoms with Crippen molar-refractivity contribution >= 4 is 17.5 Å². The predicted octanol–water partition coefficient (Wildman–Crippen LogP) is 1.95. The molecule has 0 aromatic heterocycles. The highest BCUT2D eigenvalue weighted by molar-refractivity contribution is 5.92. The Kier molecular flexibility index (Phi) is 7.08. The lowest BCUT2D eigenvalue weighted by Gasteiger charge is -2.13. The lowest BCUT2D eigenvalue weighted by Crippen LogP contribution is -2.25. The quantitative estimate of drug-likeness (QED) is 0.768. The van der Waals surface area contributed by atoms with Gasteiger partial charge in [-0.3, -0.25) is 9.59 Å². The average Bonchev–Trinajstić information content (AvgIpc) is 2.41. The summed E-state index contributed by atoms with van der Waals surface area (Å²) in [6, 6.07) is 5.28. The second-order valence-corrected chi connectivity index (χ2v) is 4.31. The predicted molar refractivity (Wildman–Crippen MR) is 80.7 cm³/mol. The van der Waals surface area contributed by atoms with Crippen LogP contribution in [-0.4, -0.2) is 31.6 Å². The molecule has 0 bridgehead atoms. The van der Waals surface area contributed by atoms with E-state index in [2.05, 4.69) is 10.6 Å². The van der Waals surface area contributed by atoms with Gasteiger partial charge in [0.05, 0.1) is 18.9 Å². The zero-order valence-electron chi connectivity index (χ0n) is 12.7. The third-order valence-electron chi connectivity index (χ3n) is 2.56. The Bertz CT molecular complexity index is 489. The zero-order chi connectivity index (χ0) is 15.7. The van der Waals surface area contributed by atoms with Crippen molar-refractivity contribution in [2.24, 2.45) is 0 Å². The minimum Gasteiger partial charge on any atom is -0.494 e. The topological polar surface area (TPSA) is 76.7 Å². The number of anilines is 1. The van der Waals surface area contributed by atoms with Crippen molar-refractivity contribution in [2.75, 3.05) is 25.1 Å². The Morgan fingerprint density at radius 1 is 1.14 bits per heavy atom. The largest absolute Gasteiger partial charge is 0.494 e. The van der Waals surface area contributed by atoms with Crippen molar-refractivity contribution in [3.05, 3.63) is 18.2 Å². The molecule has 0 aliphatic rings. The molecule has 0 aliphatic heterocycles. The Labute approximate surface area is 124 Å². The molecule has 116 valence electrons. The van der Waals surface area contributed by atoms with Crippen LogP contribution in [0.3, 0.4) is 0 Å². The molecule has 0 atom stereocenters. The van der Waals surface area contributed by atoms with Gasteiger partial charge in [-0.15, -0.1) is 0 Å². The molecule has 0 aliphatic carbocycles. The highest BCUT2D eigenvalue weighted by atomic mass is 16.5. The second kappa shape index (κ2) is 8.84. The normalized spacial score (nSPS) is 9.86. The second-order valence-electron chi connectivity index (χ2n) is 4.31. The number of amides is 2. The highest BCUT2D eigenvalue weighted by Crippen LogP contribution is 2.29. The molecule has 1 aromatic carbocycles. The molecule has 0 radical (unpaired) electrons. The standard InChI is InChI=1S/C15H22N2O4/c1-4-20-12-6-7-14(21-5-2)13(10-12)17-15(19)8-9-16-11(3)18/h6-7,10H,4-5,8-9H2,1-3H3,(H,16,18)(H,17,19). The summed E-state index contributed by atoms with van der Waals surface area (Å²) >= 11 is 0. The molecule has 2 N–H and O–H groups in total. The summed E-state index contributed by atoms with van der Waals surface area (Å²) in [4.78, 5) is 22.6. The molecular formula is C15H22N2O4. The SMILES string of the molecule is CCOc1ccc(OCC)c(NC(=O)CCNC(C)=O)c1. The van der Waals surface area contributed by atoms with Gasteiger partial charge in [-0.2, -0.15) is 0 Å². The number of rotatable bonds is 8. The van der Waals surface area contributed by atoms with Gasteiger partial charge in [-0.1, -0.05) is 0 Å². The summed E-state index contributed by atoms with van der Waals surface area (Å²) in [7, 11) is 0. The van der Waals surface area contributed by atoms with Crippen molar-refractivity contribution in [3.63, 3.8) is 0 Å². The maximum Gasteiger partial charge on any atom is 0.226 e. The van der Waals surface area contributed by atoms with E-state index in [-0.39, 0.29) is 18.2 Å². The summed E-state index contributed by atoms with van der Waals surface area (Å²) in [6.45, 7) is 6.53. The fourth-order valence-electron chi connectivity index (χ4n) is 1.71. The molecule has 1 rings (SSSR count). The van der Waals surface area contributed by atoms with E-state index in [9.17, 15) is 9.59 Å². The monoisotopic (exact) mass is 294 g/mol. The van der Waals surface area contributed by atoms with Gasteiger partial charge in [-0.05, 0) is 26.0 Å². The minimum atomic E-state index is -0.196. The van der Waals surface area contributed by atoms with Crippen LogP contribution < -0.4 is 20.1 Å². The molecule has 0 unspecified atom stereocenters. The summed E-state index contributed by atoms with van der Waals surface area (Å²) in [5, 5.41) is 5.35. The minimum absolute atomic E-state index is 0.156. The lowest BCUT2D eigenvalue weighted by molar-refractivity contribution is -0.119. The third-order valence-corrected chi connectivity index (χ3v) is 2.56. The Morgan fingerprint density at radius 3 is 2.48 bits per heavy atom. The maximum absolute atomic E-state index is 11.9. The van der Waals surface area contributed by atoms with E-state index in [1.54, 1.807) is 18.2 Å². The fourth-order valence-corrected chi connectivity index (χ4v) is 1.71. The molecule has 2 amide bonds. The Morgan fingerprint density at radius 2 is 1.86 bits per heavy atom. The van der Waals surface area contributed by atoms with E-state index in [0.717, 1.165) is 0 Å². The van der Waals surface area contributed by atoms with Crippen LogP contribution in [0.5, 0.6) is 11.5 Å². The molecular weight excluding hydrogens is 272 g/mol. The van der Waals surface area contributed by atoms with E-state index in [1.165, 1.54) is 6.92 Å². The lowest BCUT2D eigenvalue weighted by atomic mass is 10.2. The first-order valence-corrected chi connectivity index (χ1v) is 7.00. The van der Waals surface area contributed by atoms with Crippen LogP contribution in [0.2, 0.25) is 0 Å². The van der Waals surface area contributed by atoms with E-state index in [0.29, 0.717) is 36.9 Å². The van der Waals surface area contributed by atoms with E-state index in [1.807, 2.05) is 13.8 Å². The molecule has 6 heteroatoms. The highest BCUT2D eigenvalue weighted by Gasteiger charge is 2.09. The van der Waals surface area contributed by atoms with Gasteiger partial charge >= 0.3 is 0 Å². The summed E-state index contributed by atoms with van der Waals surface area (Å²) < 4.78 is 10.9. The first-order chi connectivity index (χ1) is 10.1. The van der Waals surface area contributed by atoms with Crippen LogP contribution >= 0.6 is 0 Å². The van der Waals surface area contributed by atoms with Crippen LogP contribution in [0.25, 0.3) is 0 Å². The molecule has 0 fully saturated rings. The van der Waals surface area contributed by atoms with Gasteiger partial charge in [0.2, 0.25) is 11.8 Å². The molecule has 1 aromatic rings. The number of hydrogen-bond acceptors (Lipinski definition) is 4. The van der Waals surface area contributed by atoms with Crippen molar-refractivity contribution in [3.8, 4) is 11.5 Å². The van der Waals surface area contributed by atoms with Crippen LogP contribution in [0.15, 0.2) is 18.2 Å². The smallest absolute Gasteiger partial charge is 0.226 e. The number of carbonyl (C=O) groups excluding carboxylic acids is 2. The van der Waals surface area contributed by atoms with Crippen LogP contribution in [0.4, 0.5) is 5.69 Å². The molecule has 0 saturated heterocycles. The van der Waals surface area contributed by atoms with Crippen molar-refractivity contribution in [1.82, 2.24) is 5.32 Å². The van der Waals surface area contributed by atoms with Gasteiger partial charge in [-0.25, -0.2) is 0 Å². The van der Waals surface area contributed by atoms with E-state index in [4.69, 9.17) is 9.47 Å². The van der Waals surface area contributed by atoms with Crippen LogP contribution in [0, 0.1) is 0 Å². The fraction of sp³-hybridized carbons (Fsp3) is 0.467. The Hall–Kier alpha value is -2.24. The van der Waals surface area contributed by atoms with Crippen LogP contribution in [-0.2, 0) is 9.59 Å². The first kappa shape index (κ1) is 16.8. The van der Waals surface area contributed by atoms with Gasteiger partial charge in [0.1, 0.15) is 11.5 Å². The van der Waals surface area contributed by atoms with Gasteiger partial charge < -0.3 is 20.1 Å². The molecule has 21 heavy (non-hydrogen) atoms. The number of hydrogen-bond donors (Lipinski definition) is 2. The summed E-state index contributed by atoms with van der Waals surface area (Å²) in [5.41, 5.74) is 0.565. The van der Waals surface area contributed by atoms with Gasteiger partial charge in [0.25, 0.3) is 0 Å². The first-order valence-electron chi connectivity index (χ1n) is 7.00. The van der Waals surface area contributed by atoms with E-state index >= 15 is 0 Å². The zero-order valence-corrected chi connectivity index (χ0v) is 12.7.